The summed E-state index contributed by atoms with van der Waals surface area (Å²) in [7, 11) is 5.72. The molecule has 0 bridgehead atoms. The molecule has 2 aromatic carbocycles. The molecule has 2 N–H and O–H groups in total. The second-order valence-electron chi connectivity index (χ2n) is 7.10. The Morgan fingerprint density at radius 1 is 1.03 bits per heavy atom. The first-order valence-corrected chi connectivity index (χ1v) is 9.57. The van der Waals surface area contributed by atoms with E-state index in [2.05, 4.69) is 30.0 Å². The molecule has 0 amide bonds. The average molecular weight is 424 g/mol. The molecule has 0 fully saturated rings. The molecule has 1 unspecified atom stereocenters. The third-order valence-corrected chi connectivity index (χ3v) is 4.66. The van der Waals surface area contributed by atoms with Crippen LogP contribution in [0.3, 0.4) is 0 Å². The zero-order valence-electron chi connectivity index (χ0n) is 18.2. The van der Waals surface area contributed by atoms with E-state index in [-0.39, 0.29) is 0 Å². The third-order valence-electron chi connectivity index (χ3n) is 4.66. The Hall–Kier alpha value is -3.63. The Labute approximate surface area is 182 Å². The molecule has 31 heavy (non-hydrogen) atoms. The van der Waals surface area contributed by atoms with Crippen molar-refractivity contribution in [3.8, 4) is 11.8 Å². The first-order valence-electron chi connectivity index (χ1n) is 9.57. The van der Waals surface area contributed by atoms with Crippen molar-refractivity contribution in [1.82, 2.24) is 4.90 Å². The van der Waals surface area contributed by atoms with Gasteiger partial charge in [0.15, 0.2) is 0 Å². The standard InChI is InChI=1S/C20H24N2O.C4H4O4/c1-16-9-5-6-10-17(16)20(15-21,13-14-22(2)3)18-11-7-8-12-19(18)23-4;5-3(6)1-2-4(7)8/h5-12H,13-14H2,1-4H3;1-2H,(H,5,6)(H,7,8). The number of methoxy groups -OCH3 is 1. The molecular formula is C24H28N2O5. The fraction of sp³-hybridized carbons (Fsp3) is 0.292. The van der Waals surface area contributed by atoms with Crippen LogP contribution in [0.1, 0.15) is 23.1 Å². The van der Waals surface area contributed by atoms with E-state index < -0.39 is 17.4 Å². The van der Waals surface area contributed by atoms with Crippen molar-refractivity contribution in [1.29, 1.82) is 5.26 Å². The second-order valence-corrected chi connectivity index (χ2v) is 7.10. The van der Waals surface area contributed by atoms with Gasteiger partial charge in [-0.15, -0.1) is 0 Å². The fourth-order valence-electron chi connectivity index (χ4n) is 3.17. The van der Waals surface area contributed by atoms with E-state index in [1.54, 1.807) is 7.11 Å². The summed E-state index contributed by atoms with van der Waals surface area (Å²) >= 11 is 0. The monoisotopic (exact) mass is 424 g/mol. The smallest absolute Gasteiger partial charge is 0.328 e. The van der Waals surface area contributed by atoms with Crippen LogP contribution in [-0.2, 0) is 15.0 Å². The Kier molecular flexibility index (Phi) is 9.96. The molecule has 0 saturated carbocycles. The highest BCUT2D eigenvalue weighted by atomic mass is 16.5. The predicted octanol–water partition coefficient (Wildman–Crippen LogP) is 3.48. The first kappa shape index (κ1) is 25.4. The van der Waals surface area contributed by atoms with Gasteiger partial charge in [0.1, 0.15) is 11.2 Å². The topological polar surface area (TPSA) is 111 Å². The number of aliphatic carboxylic acids is 2. The van der Waals surface area contributed by atoms with Gasteiger partial charge in [0.2, 0.25) is 0 Å². The fourth-order valence-corrected chi connectivity index (χ4v) is 3.17. The van der Waals surface area contributed by atoms with E-state index in [9.17, 15) is 14.9 Å². The lowest BCUT2D eigenvalue weighted by Gasteiger charge is -2.31. The summed E-state index contributed by atoms with van der Waals surface area (Å²) in [5.74, 6) is -1.75. The van der Waals surface area contributed by atoms with Gasteiger partial charge in [-0.1, -0.05) is 42.5 Å². The van der Waals surface area contributed by atoms with Gasteiger partial charge in [-0.05, 0) is 51.2 Å². The first-order chi connectivity index (χ1) is 14.7. The van der Waals surface area contributed by atoms with E-state index in [1.807, 2.05) is 50.5 Å². The average Bonchev–Trinajstić information content (AvgIpc) is 2.74. The van der Waals surface area contributed by atoms with Gasteiger partial charge in [-0.3, -0.25) is 0 Å². The molecule has 0 saturated heterocycles. The largest absolute Gasteiger partial charge is 0.496 e. The molecule has 7 heteroatoms. The number of hydrogen-bond acceptors (Lipinski definition) is 5. The number of nitrogens with zero attached hydrogens (tertiary/aromatic N) is 2. The van der Waals surface area contributed by atoms with Gasteiger partial charge in [0.05, 0.1) is 13.2 Å². The molecule has 2 aromatic rings. The quantitative estimate of drug-likeness (QED) is 0.624. The third kappa shape index (κ3) is 7.28. The van der Waals surface area contributed by atoms with Crippen molar-refractivity contribution in [2.75, 3.05) is 27.7 Å². The molecule has 0 aliphatic heterocycles. The molecular weight excluding hydrogens is 396 g/mol. The summed E-state index contributed by atoms with van der Waals surface area (Å²) in [4.78, 5) is 21.2. The van der Waals surface area contributed by atoms with Crippen LogP contribution in [0, 0.1) is 18.3 Å². The van der Waals surface area contributed by atoms with Crippen LogP contribution in [0.4, 0.5) is 0 Å². The minimum Gasteiger partial charge on any atom is -0.496 e. The van der Waals surface area contributed by atoms with Gasteiger partial charge in [0.25, 0.3) is 0 Å². The predicted molar refractivity (Wildman–Crippen MR) is 118 cm³/mol. The van der Waals surface area contributed by atoms with Crippen LogP contribution >= 0.6 is 0 Å². The second kappa shape index (κ2) is 12.2. The van der Waals surface area contributed by atoms with Crippen molar-refractivity contribution in [2.24, 2.45) is 0 Å². The number of carboxylic acids is 2. The minimum atomic E-state index is -1.26. The van der Waals surface area contributed by atoms with Crippen molar-refractivity contribution in [3.63, 3.8) is 0 Å². The summed E-state index contributed by atoms with van der Waals surface area (Å²) in [6.45, 7) is 2.88. The van der Waals surface area contributed by atoms with Gasteiger partial charge in [-0.2, -0.15) is 5.26 Å². The van der Waals surface area contributed by atoms with E-state index in [1.165, 1.54) is 0 Å². The highest BCUT2D eigenvalue weighted by Gasteiger charge is 2.37. The Morgan fingerprint density at radius 2 is 1.55 bits per heavy atom. The zero-order valence-corrected chi connectivity index (χ0v) is 18.2. The Morgan fingerprint density at radius 3 is 2.00 bits per heavy atom. The number of para-hydroxylation sites is 1. The number of rotatable bonds is 8. The number of benzene rings is 2. The normalized spacial score (nSPS) is 12.4. The zero-order chi connectivity index (χ0) is 23.4. The lowest BCUT2D eigenvalue weighted by atomic mass is 9.71. The number of carboxylic acid groups (broad SMARTS) is 2. The van der Waals surface area contributed by atoms with Crippen LogP contribution in [-0.4, -0.2) is 54.8 Å². The Balaban J connectivity index is 0.000000512. The lowest BCUT2D eigenvalue weighted by molar-refractivity contribution is -0.134. The van der Waals surface area contributed by atoms with Crippen molar-refractivity contribution >= 4 is 11.9 Å². The Bertz CT molecular complexity index is 946. The molecule has 0 radical (unpaired) electrons. The van der Waals surface area contributed by atoms with E-state index in [0.29, 0.717) is 18.6 Å². The molecule has 2 rings (SSSR count). The maximum absolute atomic E-state index is 10.2. The van der Waals surface area contributed by atoms with Crippen LogP contribution in [0.25, 0.3) is 0 Å². The summed E-state index contributed by atoms with van der Waals surface area (Å²) in [6.07, 6.45) is 1.83. The van der Waals surface area contributed by atoms with Crippen LogP contribution < -0.4 is 4.74 Å². The number of ether oxygens (including phenoxy) is 1. The van der Waals surface area contributed by atoms with Crippen LogP contribution in [0.2, 0.25) is 0 Å². The molecule has 0 aliphatic rings. The number of aryl methyl sites for hydroxylation is 1. The van der Waals surface area contributed by atoms with Gasteiger partial charge < -0.3 is 19.8 Å². The molecule has 1 atom stereocenters. The van der Waals surface area contributed by atoms with Crippen LogP contribution in [0.5, 0.6) is 5.75 Å². The molecule has 0 heterocycles. The molecule has 0 aliphatic carbocycles. The maximum Gasteiger partial charge on any atom is 0.328 e. The van der Waals surface area contributed by atoms with Crippen molar-refractivity contribution in [2.45, 2.75) is 18.8 Å². The molecule has 164 valence electrons. The summed E-state index contributed by atoms with van der Waals surface area (Å²) in [6, 6.07) is 18.6. The maximum atomic E-state index is 10.2. The van der Waals surface area contributed by atoms with Crippen molar-refractivity contribution in [3.05, 3.63) is 77.4 Å². The van der Waals surface area contributed by atoms with E-state index in [4.69, 9.17) is 14.9 Å². The van der Waals surface area contributed by atoms with Crippen LogP contribution in [0.15, 0.2) is 60.7 Å². The molecule has 0 aromatic heterocycles. The number of nitriles is 1. The van der Waals surface area contributed by atoms with Gasteiger partial charge in [0, 0.05) is 17.7 Å². The van der Waals surface area contributed by atoms with Crippen molar-refractivity contribution < 1.29 is 24.5 Å². The van der Waals surface area contributed by atoms with Gasteiger partial charge >= 0.3 is 11.9 Å². The summed E-state index contributed by atoms with van der Waals surface area (Å²) in [5.41, 5.74) is 2.39. The highest BCUT2D eigenvalue weighted by molar-refractivity contribution is 5.89. The highest BCUT2D eigenvalue weighted by Crippen LogP contribution is 2.41. The summed E-state index contributed by atoms with van der Waals surface area (Å²) in [5, 5.41) is 25.8. The van der Waals surface area contributed by atoms with Gasteiger partial charge in [-0.25, -0.2) is 9.59 Å². The minimum absolute atomic E-state index is 0.558. The van der Waals surface area contributed by atoms with E-state index >= 15 is 0 Å². The summed E-state index contributed by atoms with van der Waals surface area (Å²) < 4.78 is 5.56. The number of carbonyl (C=O) groups is 2. The number of hydrogen-bond donors (Lipinski definition) is 2. The SMILES string of the molecule is COc1ccccc1C(C#N)(CCN(C)C)c1ccccc1C.O=C(O)C=CC(=O)O. The van der Waals surface area contributed by atoms with E-state index in [0.717, 1.165) is 29.0 Å². The lowest BCUT2D eigenvalue weighted by Crippen LogP contribution is -2.32. The molecule has 7 nitrogen and oxygen atoms in total. The molecule has 0 spiro atoms.